The first-order valence-corrected chi connectivity index (χ1v) is 8.28. The van der Waals surface area contributed by atoms with Crippen molar-refractivity contribution in [2.75, 3.05) is 0 Å². The van der Waals surface area contributed by atoms with Gasteiger partial charge in [-0.3, -0.25) is 0 Å². The summed E-state index contributed by atoms with van der Waals surface area (Å²) in [6, 6.07) is 17.8. The second-order valence-electron chi connectivity index (χ2n) is 6.82. The molecule has 0 heterocycles. The van der Waals surface area contributed by atoms with Crippen molar-refractivity contribution in [1.29, 1.82) is 0 Å². The first kappa shape index (κ1) is 18.7. The van der Waals surface area contributed by atoms with Crippen molar-refractivity contribution >= 4 is 11.7 Å². The second-order valence-corrected chi connectivity index (χ2v) is 6.82. The van der Waals surface area contributed by atoms with Crippen LogP contribution in [-0.4, -0.2) is 17.7 Å². The van der Waals surface area contributed by atoms with Crippen LogP contribution in [-0.2, 0) is 4.74 Å². The van der Waals surface area contributed by atoms with Crippen LogP contribution in [0.4, 0.5) is 9.18 Å². The highest BCUT2D eigenvalue weighted by Gasteiger charge is 2.22. The van der Waals surface area contributed by atoms with Gasteiger partial charge in [-0.25, -0.2) is 9.18 Å². The lowest BCUT2D eigenvalue weighted by atomic mass is 9.95. The maximum Gasteiger partial charge on any atom is 0.408 e. The van der Waals surface area contributed by atoms with Gasteiger partial charge >= 0.3 is 6.09 Å². The third kappa shape index (κ3) is 5.45. The van der Waals surface area contributed by atoms with Crippen LogP contribution in [0.2, 0.25) is 0 Å². The van der Waals surface area contributed by atoms with Crippen LogP contribution >= 0.6 is 0 Å². The van der Waals surface area contributed by atoms with E-state index in [0.29, 0.717) is 5.57 Å². The monoisotopic (exact) mass is 341 g/mol. The van der Waals surface area contributed by atoms with E-state index in [0.717, 1.165) is 11.1 Å². The molecule has 1 amide bonds. The highest BCUT2D eigenvalue weighted by molar-refractivity contribution is 5.82. The van der Waals surface area contributed by atoms with Crippen LogP contribution in [0.3, 0.4) is 0 Å². The van der Waals surface area contributed by atoms with Crippen LogP contribution < -0.4 is 5.32 Å². The van der Waals surface area contributed by atoms with Gasteiger partial charge in [0.2, 0.25) is 0 Å². The number of halogens is 1. The number of carbonyl (C=O) groups is 1. The Morgan fingerprint density at radius 3 is 1.80 bits per heavy atom. The molecule has 0 aliphatic carbocycles. The zero-order chi connectivity index (χ0) is 18.4. The maximum absolute atomic E-state index is 15.2. The van der Waals surface area contributed by atoms with Crippen molar-refractivity contribution in [3.63, 3.8) is 0 Å². The lowest BCUT2D eigenvalue weighted by molar-refractivity contribution is 0.0511. The van der Waals surface area contributed by atoms with E-state index in [4.69, 9.17) is 4.74 Å². The summed E-state index contributed by atoms with van der Waals surface area (Å²) in [6.45, 7) is 6.90. The fourth-order valence-electron chi connectivity index (χ4n) is 2.42. The summed E-state index contributed by atoms with van der Waals surface area (Å²) in [6.07, 6.45) is -0.643. The second kappa shape index (κ2) is 7.97. The van der Waals surface area contributed by atoms with Gasteiger partial charge in [-0.1, -0.05) is 60.7 Å². The highest BCUT2D eigenvalue weighted by Crippen LogP contribution is 2.29. The van der Waals surface area contributed by atoms with Crippen molar-refractivity contribution in [3.05, 3.63) is 77.6 Å². The van der Waals surface area contributed by atoms with E-state index in [2.05, 4.69) is 5.32 Å². The zero-order valence-corrected chi connectivity index (χ0v) is 15.0. The molecule has 0 aromatic heterocycles. The van der Waals surface area contributed by atoms with Gasteiger partial charge in [0.1, 0.15) is 11.4 Å². The molecule has 1 atom stereocenters. The molecule has 0 bridgehead atoms. The Labute approximate surface area is 148 Å². The molecule has 2 aromatic carbocycles. The van der Waals surface area contributed by atoms with Crippen molar-refractivity contribution in [2.45, 2.75) is 39.3 Å². The predicted octanol–water partition coefficient (Wildman–Crippen LogP) is 5.33. The van der Waals surface area contributed by atoms with E-state index in [9.17, 15) is 4.79 Å². The van der Waals surface area contributed by atoms with E-state index in [1.165, 1.54) is 0 Å². The third-order valence-corrected chi connectivity index (χ3v) is 3.48. The Balaban J connectivity index is 2.36. The summed E-state index contributed by atoms with van der Waals surface area (Å²) in [5.41, 5.74) is 1.34. The molecule has 2 rings (SSSR count). The number of hydrogen-bond acceptors (Lipinski definition) is 2. The van der Waals surface area contributed by atoms with E-state index in [1.54, 1.807) is 27.7 Å². The lowest BCUT2D eigenvalue weighted by Crippen LogP contribution is -2.38. The van der Waals surface area contributed by atoms with E-state index < -0.39 is 23.6 Å². The van der Waals surface area contributed by atoms with Crippen LogP contribution in [0.15, 0.2) is 66.5 Å². The Hall–Kier alpha value is -2.62. The molecule has 0 saturated carbocycles. The molecule has 0 spiro atoms. The van der Waals surface area contributed by atoms with Crippen LogP contribution in [0.1, 0.15) is 38.8 Å². The van der Waals surface area contributed by atoms with Gasteiger partial charge in [-0.15, -0.1) is 0 Å². The lowest BCUT2D eigenvalue weighted by Gasteiger charge is -2.22. The fourth-order valence-corrected chi connectivity index (χ4v) is 2.42. The molecule has 0 aliphatic heterocycles. The molecular formula is C21H24FNO2. The molecule has 0 aliphatic rings. The summed E-state index contributed by atoms with van der Waals surface area (Å²) in [5, 5.41) is 2.56. The van der Waals surface area contributed by atoms with Gasteiger partial charge in [-0.2, -0.15) is 0 Å². The molecule has 0 fully saturated rings. The summed E-state index contributed by atoms with van der Waals surface area (Å²) in [5.74, 6) is -0.414. The minimum atomic E-state index is -0.815. The number of benzene rings is 2. The topological polar surface area (TPSA) is 38.3 Å². The fraction of sp³-hybridized carbons (Fsp3) is 0.286. The number of nitrogens with one attached hydrogen (secondary N) is 1. The van der Waals surface area contributed by atoms with Gasteiger partial charge < -0.3 is 10.1 Å². The molecule has 3 nitrogen and oxygen atoms in total. The van der Waals surface area contributed by atoms with E-state index >= 15 is 4.39 Å². The van der Waals surface area contributed by atoms with Crippen molar-refractivity contribution in [3.8, 4) is 0 Å². The Kier molecular flexibility index (Phi) is 5.97. The molecule has 4 heteroatoms. The number of amides is 1. The molecule has 132 valence electrons. The number of rotatable bonds is 4. The smallest absolute Gasteiger partial charge is 0.408 e. The van der Waals surface area contributed by atoms with Crippen molar-refractivity contribution in [1.82, 2.24) is 5.32 Å². The average Bonchev–Trinajstić information content (AvgIpc) is 2.55. The summed E-state index contributed by atoms with van der Waals surface area (Å²) in [7, 11) is 0. The molecular weight excluding hydrogens is 317 g/mol. The predicted molar refractivity (Wildman–Crippen MR) is 98.8 cm³/mol. The third-order valence-electron chi connectivity index (χ3n) is 3.48. The number of hydrogen-bond donors (Lipinski definition) is 1. The quantitative estimate of drug-likeness (QED) is 0.816. The maximum atomic E-state index is 15.2. The summed E-state index contributed by atoms with van der Waals surface area (Å²) in [4.78, 5) is 11.9. The SMILES string of the molecule is CC(NC(=O)OC(C)(C)C)C(F)=C(c1ccccc1)c1ccccc1. The van der Waals surface area contributed by atoms with Gasteiger partial charge in [0.25, 0.3) is 0 Å². The summed E-state index contributed by atoms with van der Waals surface area (Å²) < 4.78 is 20.4. The Morgan fingerprint density at radius 2 is 1.40 bits per heavy atom. The van der Waals surface area contributed by atoms with Crippen LogP contribution in [0.25, 0.3) is 5.57 Å². The van der Waals surface area contributed by atoms with E-state index in [-0.39, 0.29) is 0 Å². The summed E-state index contributed by atoms with van der Waals surface area (Å²) >= 11 is 0. The van der Waals surface area contributed by atoms with Crippen molar-refractivity contribution < 1.29 is 13.9 Å². The number of carbonyl (C=O) groups excluding carboxylic acids is 1. The first-order chi connectivity index (χ1) is 11.8. The van der Waals surface area contributed by atoms with E-state index in [1.807, 2.05) is 60.7 Å². The minimum Gasteiger partial charge on any atom is -0.444 e. The van der Waals surface area contributed by atoms with Crippen molar-refractivity contribution in [2.24, 2.45) is 0 Å². The van der Waals surface area contributed by atoms with Gasteiger partial charge in [0.05, 0.1) is 6.04 Å². The molecule has 1 N–H and O–H groups in total. The number of alkyl carbamates (subject to hydrolysis) is 1. The molecule has 0 radical (unpaired) electrons. The molecule has 25 heavy (non-hydrogen) atoms. The standard InChI is InChI=1S/C21H24FNO2/c1-15(23-20(24)25-21(2,3)4)19(22)18(16-11-7-5-8-12-16)17-13-9-6-10-14-17/h5-15H,1-4H3,(H,23,24). The van der Waals surface area contributed by atoms with Gasteiger partial charge in [0.15, 0.2) is 0 Å². The Bertz CT molecular complexity index is 692. The highest BCUT2D eigenvalue weighted by atomic mass is 19.1. The normalized spacial score (nSPS) is 12.2. The van der Waals surface area contributed by atoms with Crippen LogP contribution in [0, 0.1) is 0 Å². The Morgan fingerprint density at radius 1 is 0.960 bits per heavy atom. The molecule has 1 unspecified atom stereocenters. The largest absolute Gasteiger partial charge is 0.444 e. The average molecular weight is 341 g/mol. The zero-order valence-electron chi connectivity index (χ0n) is 15.0. The van der Waals surface area contributed by atoms with Gasteiger partial charge in [0, 0.05) is 5.57 Å². The van der Waals surface area contributed by atoms with Gasteiger partial charge in [-0.05, 0) is 38.8 Å². The molecule has 2 aromatic rings. The first-order valence-electron chi connectivity index (χ1n) is 8.28. The minimum absolute atomic E-state index is 0.414. The molecule has 0 saturated heterocycles. The van der Waals surface area contributed by atoms with Crippen LogP contribution in [0.5, 0.6) is 0 Å². The number of ether oxygens (including phenoxy) is 1.